The van der Waals surface area contributed by atoms with Crippen LogP contribution < -0.4 is 4.74 Å². The van der Waals surface area contributed by atoms with E-state index >= 15 is 0 Å². The van der Waals surface area contributed by atoms with Gasteiger partial charge in [-0.1, -0.05) is 11.2 Å². The van der Waals surface area contributed by atoms with Crippen LogP contribution in [0.15, 0.2) is 29.9 Å². The Balaban J connectivity index is 2.21. The van der Waals surface area contributed by atoms with Gasteiger partial charge in [0.25, 0.3) is 0 Å². The first-order valence-electron chi connectivity index (χ1n) is 6.54. The van der Waals surface area contributed by atoms with Crippen molar-refractivity contribution >= 4 is 5.71 Å². The number of ether oxygens (including phenoxy) is 1. The number of nitrogens with zero attached hydrogens (tertiary/aromatic N) is 2. The van der Waals surface area contributed by atoms with Crippen LogP contribution in [-0.2, 0) is 4.84 Å². The van der Waals surface area contributed by atoms with Crippen LogP contribution in [0.4, 0.5) is 0 Å². The van der Waals surface area contributed by atoms with Gasteiger partial charge in [-0.05, 0) is 37.2 Å². The van der Waals surface area contributed by atoms with E-state index in [2.05, 4.69) is 16.6 Å². The Bertz CT molecular complexity index is 597. The van der Waals surface area contributed by atoms with E-state index in [0.717, 1.165) is 16.8 Å². The van der Waals surface area contributed by atoms with Gasteiger partial charge < -0.3 is 14.7 Å². The van der Waals surface area contributed by atoms with Crippen molar-refractivity contribution in [2.45, 2.75) is 25.1 Å². The van der Waals surface area contributed by atoms with Crippen molar-refractivity contribution in [3.05, 3.63) is 35.9 Å². The van der Waals surface area contributed by atoms with Crippen molar-refractivity contribution < 1.29 is 14.7 Å². The van der Waals surface area contributed by atoms with Crippen LogP contribution in [0.1, 0.15) is 30.0 Å². The third-order valence-corrected chi connectivity index (χ3v) is 4.14. The summed E-state index contributed by atoms with van der Waals surface area (Å²) >= 11 is 0. The number of methoxy groups -OCH3 is 1. The summed E-state index contributed by atoms with van der Waals surface area (Å²) in [5.74, 6) is 0.635. The van der Waals surface area contributed by atoms with Crippen molar-refractivity contribution in [3.8, 4) is 11.5 Å². The summed E-state index contributed by atoms with van der Waals surface area (Å²) < 4.78 is 5.21. The molecule has 20 heavy (non-hydrogen) atoms. The lowest BCUT2D eigenvalue weighted by molar-refractivity contribution is -0.0525. The smallest absolute Gasteiger partial charge is 0.194 e. The van der Waals surface area contributed by atoms with Crippen LogP contribution in [-0.4, -0.2) is 36.1 Å². The summed E-state index contributed by atoms with van der Waals surface area (Å²) in [6.07, 6.45) is 1.71. The molecule has 1 aromatic carbocycles. The molecule has 5 heteroatoms. The number of oxime groups is 1. The van der Waals surface area contributed by atoms with E-state index in [1.807, 2.05) is 26.1 Å². The van der Waals surface area contributed by atoms with Crippen molar-refractivity contribution in [2.75, 3.05) is 14.2 Å². The predicted molar refractivity (Wildman–Crippen MR) is 76.1 cm³/mol. The fraction of sp³-hybridized carbons (Fsp3) is 0.400. The highest BCUT2D eigenvalue weighted by molar-refractivity contribution is 5.91. The van der Waals surface area contributed by atoms with Gasteiger partial charge in [0.2, 0.25) is 0 Å². The van der Waals surface area contributed by atoms with E-state index in [0.29, 0.717) is 5.75 Å². The second-order valence-corrected chi connectivity index (χ2v) is 5.21. The zero-order valence-corrected chi connectivity index (χ0v) is 11.8. The maximum Gasteiger partial charge on any atom is 0.194 e. The average Bonchev–Trinajstić information content (AvgIpc) is 2.82. The Morgan fingerprint density at radius 3 is 2.85 bits per heavy atom. The monoisotopic (exact) mass is 274 g/mol. The van der Waals surface area contributed by atoms with Gasteiger partial charge >= 0.3 is 0 Å². The van der Waals surface area contributed by atoms with Gasteiger partial charge in [-0.15, -0.1) is 6.58 Å². The molecule has 0 amide bonds. The lowest BCUT2D eigenvalue weighted by atomic mass is 9.82. The average molecular weight is 274 g/mol. The van der Waals surface area contributed by atoms with Gasteiger partial charge in [-0.3, -0.25) is 4.90 Å². The Labute approximate surface area is 118 Å². The normalized spacial score (nSPS) is 28.1. The topological polar surface area (TPSA) is 54.3 Å². The summed E-state index contributed by atoms with van der Waals surface area (Å²) in [7, 11) is 3.53. The highest BCUT2D eigenvalue weighted by atomic mass is 16.7. The van der Waals surface area contributed by atoms with Crippen LogP contribution in [0.25, 0.3) is 0 Å². The lowest BCUT2D eigenvalue weighted by Gasteiger charge is -2.39. The molecule has 2 heterocycles. The number of hydrogen-bond donors (Lipinski definition) is 1. The molecule has 2 aliphatic heterocycles. The Hall–Kier alpha value is -2.01. The Kier molecular flexibility index (Phi) is 2.94. The third-order valence-electron chi connectivity index (χ3n) is 4.14. The molecule has 2 aliphatic rings. The highest BCUT2D eigenvalue weighted by Crippen LogP contribution is 2.46. The minimum absolute atomic E-state index is 0.00171. The van der Waals surface area contributed by atoms with Crippen molar-refractivity contribution in [3.63, 3.8) is 0 Å². The third kappa shape index (κ3) is 1.63. The van der Waals surface area contributed by atoms with Gasteiger partial charge in [-0.25, -0.2) is 0 Å². The fourth-order valence-corrected chi connectivity index (χ4v) is 3.11. The van der Waals surface area contributed by atoms with Crippen molar-refractivity contribution in [2.24, 2.45) is 5.16 Å². The SMILES string of the molecule is C=C[C@@H]1c2cc(OC)c(O)cc2[C@H]2C(C)=NO[C@H]2N1C. The summed E-state index contributed by atoms with van der Waals surface area (Å²) in [4.78, 5) is 7.61. The molecule has 0 fully saturated rings. The first kappa shape index (κ1) is 13.0. The van der Waals surface area contributed by atoms with Crippen LogP contribution in [0.2, 0.25) is 0 Å². The van der Waals surface area contributed by atoms with Crippen molar-refractivity contribution in [1.82, 2.24) is 4.90 Å². The molecule has 0 radical (unpaired) electrons. The van der Waals surface area contributed by atoms with E-state index in [1.54, 1.807) is 13.2 Å². The fourth-order valence-electron chi connectivity index (χ4n) is 3.11. The molecule has 0 aliphatic carbocycles. The van der Waals surface area contributed by atoms with Crippen LogP contribution in [0, 0.1) is 0 Å². The molecule has 0 aromatic heterocycles. The van der Waals surface area contributed by atoms with E-state index in [9.17, 15) is 5.11 Å². The maximum absolute atomic E-state index is 10.1. The number of phenolic OH excluding ortho intramolecular Hbond substituents is 1. The van der Waals surface area contributed by atoms with E-state index in [-0.39, 0.29) is 23.9 Å². The van der Waals surface area contributed by atoms with Gasteiger partial charge in [0, 0.05) is 0 Å². The summed E-state index contributed by atoms with van der Waals surface area (Å²) in [6, 6.07) is 3.63. The molecule has 5 nitrogen and oxygen atoms in total. The molecule has 0 unspecified atom stereocenters. The number of fused-ring (bicyclic) bond motifs is 3. The molecule has 106 valence electrons. The van der Waals surface area contributed by atoms with Crippen LogP contribution >= 0.6 is 0 Å². The first-order chi connectivity index (χ1) is 9.58. The molecule has 3 rings (SSSR count). The predicted octanol–water partition coefficient (Wildman–Crippen LogP) is 2.39. The quantitative estimate of drug-likeness (QED) is 0.841. The molecular weight excluding hydrogens is 256 g/mol. The second kappa shape index (κ2) is 4.52. The molecule has 1 N–H and O–H groups in total. The number of phenols is 1. The molecule has 0 spiro atoms. The number of hydrogen-bond acceptors (Lipinski definition) is 5. The van der Waals surface area contributed by atoms with E-state index in [4.69, 9.17) is 9.57 Å². The Morgan fingerprint density at radius 1 is 1.45 bits per heavy atom. The van der Waals surface area contributed by atoms with E-state index in [1.165, 1.54) is 0 Å². The van der Waals surface area contributed by atoms with Gasteiger partial charge in [0.15, 0.2) is 17.7 Å². The molecular formula is C15H18N2O3. The second-order valence-electron chi connectivity index (χ2n) is 5.21. The van der Waals surface area contributed by atoms with Gasteiger partial charge in [0.1, 0.15) is 0 Å². The highest BCUT2D eigenvalue weighted by Gasteiger charge is 2.44. The summed E-state index contributed by atoms with van der Waals surface area (Å²) in [5.41, 5.74) is 3.00. The first-order valence-corrected chi connectivity index (χ1v) is 6.54. The minimum atomic E-state index is -0.154. The zero-order valence-electron chi connectivity index (χ0n) is 11.8. The van der Waals surface area contributed by atoms with Crippen molar-refractivity contribution in [1.29, 1.82) is 0 Å². The molecule has 0 bridgehead atoms. The standard InChI is InChI=1S/C15H18N2O3/c1-5-11-9-7-13(19-4)12(18)6-10(9)14-8(2)16-20-15(14)17(11)3/h5-7,11,14-15,18H,1H2,2-4H3/t11-,14-,15-/m1/s1. The number of benzene rings is 1. The largest absolute Gasteiger partial charge is 0.504 e. The van der Waals surface area contributed by atoms with Crippen LogP contribution in [0.5, 0.6) is 11.5 Å². The molecule has 0 saturated carbocycles. The lowest BCUT2D eigenvalue weighted by Crippen LogP contribution is -2.43. The number of aromatic hydroxyl groups is 1. The van der Waals surface area contributed by atoms with Gasteiger partial charge in [-0.2, -0.15) is 0 Å². The van der Waals surface area contributed by atoms with Gasteiger partial charge in [0.05, 0.1) is 24.8 Å². The maximum atomic E-state index is 10.1. The summed E-state index contributed by atoms with van der Waals surface area (Å²) in [5, 5.41) is 14.2. The Morgan fingerprint density at radius 2 is 2.20 bits per heavy atom. The summed E-state index contributed by atoms with van der Waals surface area (Å²) in [6.45, 7) is 5.85. The zero-order chi connectivity index (χ0) is 14.4. The van der Waals surface area contributed by atoms with E-state index < -0.39 is 0 Å². The minimum Gasteiger partial charge on any atom is -0.504 e. The molecule has 3 atom stereocenters. The number of likely N-dealkylation sites (N-methyl/N-ethyl adjacent to an activating group) is 1. The van der Waals surface area contributed by atoms with Crippen LogP contribution in [0.3, 0.4) is 0 Å². The molecule has 0 saturated heterocycles. The molecule has 1 aromatic rings. The number of rotatable bonds is 2.